The summed E-state index contributed by atoms with van der Waals surface area (Å²) in [5.41, 5.74) is 0.927. The molecule has 2 atom stereocenters. The molecule has 0 N–H and O–H groups in total. The van der Waals surface area contributed by atoms with E-state index in [-0.39, 0.29) is 17.9 Å². The van der Waals surface area contributed by atoms with Crippen LogP contribution in [0.15, 0.2) is 30.3 Å². The third kappa shape index (κ3) is 3.80. The minimum absolute atomic E-state index is 0.0226. The second-order valence-electron chi connectivity index (χ2n) is 5.95. The van der Waals surface area contributed by atoms with Crippen LogP contribution in [0.25, 0.3) is 0 Å². The van der Waals surface area contributed by atoms with Crippen molar-refractivity contribution in [1.29, 1.82) is 0 Å². The minimum Gasteiger partial charge on any atom is -0.550 e. The summed E-state index contributed by atoms with van der Waals surface area (Å²) in [6, 6.07) is 9.89. The maximum Gasteiger partial charge on any atom is 0.0629 e. The van der Waals surface area contributed by atoms with Crippen molar-refractivity contribution in [3.8, 4) is 0 Å². The van der Waals surface area contributed by atoms with Gasteiger partial charge >= 0.3 is 0 Å². The van der Waals surface area contributed by atoms with E-state index in [0.717, 1.165) is 18.4 Å². The van der Waals surface area contributed by atoms with Crippen molar-refractivity contribution in [3.63, 3.8) is 0 Å². The number of ether oxygens (including phenoxy) is 1. The van der Waals surface area contributed by atoms with Gasteiger partial charge in [-0.05, 0) is 50.5 Å². The molecule has 0 unspecified atom stereocenters. The average molecular weight is 261 g/mol. The number of hydrogen-bond acceptors (Lipinski definition) is 3. The van der Waals surface area contributed by atoms with Crippen LogP contribution in [0.4, 0.5) is 0 Å². The minimum atomic E-state index is -0.974. The summed E-state index contributed by atoms with van der Waals surface area (Å²) in [5, 5.41) is 11.0. The number of carboxylic acid groups (broad SMARTS) is 1. The lowest BCUT2D eigenvalue weighted by Gasteiger charge is -2.39. The Bertz CT molecular complexity index is 425. The van der Waals surface area contributed by atoms with E-state index in [9.17, 15) is 9.90 Å². The summed E-state index contributed by atoms with van der Waals surface area (Å²) in [4.78, 5) is 11.0. The van der Waals surface area contributed by atoms with Gasteiger partial charge in [-0.25, -0.2) is 0 Å². The van der Waals surface area contributed by atoms with Crippen molar-refractivity contribution >= 4 is 5.97 Å². The lowest BCUT2D eigenvalue weighted by molar-refractivity contribution is -0.306. The number of carbonyl (C=O) groups excluding carboxylic acids is 1. The van der Waals surface area contributed by atoms with Crippen molar-refractivity contribution in [2.45, 2.75) is 44.6 Å². The summed E-state index contributed by atoms with van der Waals surface area (Å²) < 4.78 is 5.72. The van der Waals surface area contributed by atoms with Gasteiger partial charge in [0.05, 0.1) is 5.60 Å². The highest BCUT2D eigenvalue weighted by atomic mass is 16.5. The van der Waals surface area contributed by atoms with E-state index in [1.165, 1.54) is 0 Å². The monoisotopic (exact) mass is 261 g/mol. The highest BCUT2D eigenvalue weighted by Gasteiger charge is 2.34. The van der Waals surface area contributed by atoms with Crippen molar-refractivity contribution in [2.75, 3.05) is 6.61 Å². The van der Waals surface area contributed by atoms with Crippen molar-refractivity contribution in [3.05, 3.63) is 35.9 Å². The number of hydrogen-bond donors (Lipinski definition) is 0. The molecule has 0 radical (unpaired) electrons. The molecule has 2 rings (SSSR count). The fourth-order valence-corrected chi connectivity index (χ4v) is 3.06. The molecule has 1 heterocycles. The molecule has 1 aromatic carbocycles. The van der Waals surface area contributed by atoms with Crippen LogP contribution < -0.4 is 5.11 Å². The van der Waals surface area contributed by atoms with E-state index >= 15 is 0 Å². The van der Waals surface area contributed by atoms with Crippen LogP contribution in [0.2, 0.25) is 0 Å². The smallest absolute Gasteiger partial charge is 0.0629 e. The first-order valence-corrected chi connectivity index (χ1v) is 6.87. The summed E-state index contributed by atoms with van der Waals surface area (Å²) in [5.74, 6) is -0.614. The Labute approximate surface area is 114 Å². The Balaban J connectivity index is 2.20. The fourth-order valence-electron chi connectivity index (χ4n) is 3.06. The molecule has 104 valence electrons. The lowest BCUT2D eigenvalue weighted by atomic mass is 9.75. The Morgan fingerprint density at radius 3 is 2.68 bits per heavy atom. The zero-order valence-electron chi connectivity index (χ0n) is 11.6. The fraction of sp³-hybridized carbons (Fsp3) is 0.562. The first kappa shape index (κ1) is 14.1. The second kappa shape index (κ2) is 5.74. The molecule has 1 aliphatic rings. The molecule has 1 fully saturated rings. The molecule has 3 heteroatoms. The maximum absolute atomic E-state index is 11.0. The third-order valence-electron chi connectivity index (χ3n) is 3.92. The SMILES string of the molecule is CC1(C)C[C@H]([C@@H](CC(=O)[O-])c2ccccc2)CCO1. The zero-order chi connectivity index (χ0) is 13.9. The zero-order valence-corrected chi connectivity index (χ0v) is 11.6. The lowest BCUT2D eigenvalue weighted by Crippen LogP contribution is -2.37. The van der Waals surface area contributed by atoms with Gasteiger partial charge in [-0.1, -0.05) is 30.3 Å². The topological polar surface area (TPSA) is 49.4 Å². The van der Waals surface area contributed by atoms with Gasteiger partial charge in [-0.3, -0.25) is 0 Å². The Hall–Kier alpha value is -1.35. The average Bonchev–Trinajstić information content (AvgIpc) is 2.35. The predicted octanol–water partition coefficient (Wildman–Crippen LogP) is 2.12. The molecule has 0 saturated carbocycles. The molecule has 19 heavy (non-hydrogen) atoms. The van der Waals surface area contributed by atoms with E-state index in [1.54, 1.807) is 0 Å². The second-order valence-corrected chi connectivity index (χ2v) is 5.95. The van der Waals surface area contributed by atoms with Gasteiger partial charge < -0.3 is 14.6 Å². The van der Waals surface area contributed by atoms with Crippen LogP contribution in [-0.2, 0) is 9.53 Å². The van der Waals surface area contributed by atoms with Gasteiger partial charge in [0, 0.05) is 12.6 Å². The van der Waals surface area contributed by atoms with E-state index in [0.29, 0.717) is 12.5 Å². The van der Waals surface area contributed by atoms with Crippen LogP contribution in [0.3, 0.4) is 0 Å². The standard InChI is InChI=1S/C16H22O3/c1-16(2)11-13(8-9-19-16)14(10-15(17)18)12-6-4-3-5-7-12/h3-7,13-14H,8-11H2,1-2H3,(H,17,18)/p-1/t13-,14+/m1/s1. The maximum atomic E-state index is 11.0. The van der Waals surface area contributed by atoms with Gasteiger partial charge in [0.25, 0.3) is 0 Å². The molecule has 0 bridgehead atoms. The molecule has 0 amide bonds. The molecule has 1 aliphatic heterocycles. The molecule has 1 saturated heterocycles. The number of carboxylic acids is 1. The van der Waals surface area contributed by atoms with Crippen molar-refractivity contribution in [1.82, 2.24) is 0 Å². The quantitative estimate of drug-likeness (QED) is 0.834. The summed E-state index contributed by atoms with van der Waals surface area (Å²) >= 11 is 0. The van der Waals surface area contributed by atoms with E-state index < -0.39 is 5.97 Å². The van der Waals surface area contributed by atoms with Gasteiger partial charge in [-0.15, -0.1) is 0 Å². The highest BCUT2D eigenvalue weighted by Crippen LogP contribution is 2.39. The first-order chi connectivity index (χ1) is 8.98. The molecule has 3 nitrogen and oxygen atoms in total. The number of benzene rings is 1. The van der Waals surface area contributed by atoms with E-state index in [1.807, 2.05) is 30.3 Å². The number of aliphatic carboxylic acids is 1. The van der Waals surface area contributed by atoms with Crippen LogP contribution in [0.5, 0.6) is 0 Å². The van der Waals surface area contributed by atoms with Crippen LogP contribution in [0.1, 0.15) is 44.6 Å². The molecular weight excluding hydrogens is 240 g/mol. The van der Waals surface area contributed by atoms with Gasteiger partial charge in [0.2, 0.25) is 0 Å². The molecule has 0 aliphatic carbocycles. The summed E-state index contributed by atoms with van der Waals surface area (Å²) in [7, 11) is 0. The summed E-state index contributed by atoms with van der Waals surface area (Å²) in [6.07, 6.45) is 1.89. The van der Waals surface area contributed by atoms with Gasteiger partial charge in [0.15, 0.2) is 0 Å². The van der Waals surface area contributed by atoms with Crippen LogP contribution in [0, 0.1) is 5.92 Å². The Kier molecular flexibility index (Phi) is 4.25. The van der Waals surface area contributed by atoms with Crippen molar-refractivity contribution in [2.24, 2.45) is 5.92 Å². The van der Waals surface area contributed by atoms with Crippen LogP contribution >= 0.6 is 0 Å². The normalized spacial score (nSPS) is 23.8. The Morgan fingerprint density at radius 2 is 2.11 bits per heavy atom. The first-order valence-electron chi connectivity index (χ1n) is 6.87. The molecule has 0 aromatic heterocycles. The van der Waals surface area contributed by atoms with E-state index in [2.05, 4.69) is 13.8 Å². The van der Waals surface area contributed by atoms with Crippen molar-refractivity contribution < 1.29 is 14.6 Å². The van der Waals surface area contributed by atoms with E-state index in [4.69, 9.17) is 4.74 Å². The molecule has 1 aromatic rings. The summed E-state index contributed by atoms with van der Waals surface area (Å²) in [6.45, 7) is 4.84. The number of carbonyl (C=O) groups is 1. The largest absolute Gasteiger partial charge is 0.550 e. The molecule has 0 spiro atoms. The highest BCUT2D eigenvalue weighted by molar-refractivity contribution is 5.65. The van der Waals surface area contributed by atoms with Gasteiger partial charge in [-0.2, -0.15) is 0 Å². The predicted molar refractivity (Wildman–Crippen MR) is 71.6 cm³/mol. The Morgan fingerprint density at radius 1 is 1.42 bits per heavy atom. The van der Waals surface area contributed by atoms with Crippen LogP contribution in [-0.4, -0.2) is 18.2 Å². The third-order valence-corrected chi connectivity index (χ3v) is 3.92. The number of rotatable bonds is 4. The van der Waals surface area contributed by atoms with Gasteiger partial charge in [0.1, 0.15) is 0 Å². The molecular formula is C16H21O3-.